The highest BCUT2D eigenvalue weighted by molar-refractivity contribution is 5.75. The number of nitrogens with one attached hydrogen (secondary N) is 2. The van der Waals surface area contributed by atoms with Crippen LogP contribution >= 0.6 is 0 Å². The molecular weight excluding hydrogens is 332 g/mol. The molecule has 7 nitrogen and oxygen atoms in total. The van der Waals surface area contributed by atoms with Gasteiger partial charge in [0, 0.05) is 32.2 Å². The number of amides is 2. The summed E-state index contributed by atoms with van der Waals surface area (Å²) in [4.78, 5) is 27.9. The summed E-state index contributed by atoms with van der Waals surface area (Å²) in [6.45, 7) is 6.98. The van der Waals surface area contributed by atoms with Crippen LogP contribution in [0.2, 0.25) is 0 Å². The van der Waals surface area contributed by atoms with Gasteiger partial charge in [-0.3, -0.25) is 9.69 Å². The van der Waals surface area contributed by atoms with E-state index in [2.05, 4.69) is 15.5 Å². The third-order valence-corrected chi connectivity index (χ3v) is 6.38. The van der Waals surface area contributed by atoms with Gasteiger partial charge in [0.2, 0.25) is 0 Å². The van der Waals surface area contributed by atoms with Crippen molar-refractivity contribution in [2.45, 2.75) is 51.0 Å². The Balaban J connectivity index is 1.31. The molecule has 3 fully saturated rings. The van der Waals surface area contributed by atoms with E-state index in [4.69, 9.17) is 5.11 Å². The molecule has 0 bridgehead atoms. The van der Waals surface area contributed by atoms with Crippen molar-refractivity contribution < 1.29 is 14.7 Å². The molecule has 0 aromatic heterocycles. The van der Waals surface area contributed by atoms with Crippen LogP contribution in [0.1, 0.15) is 44.9 Å². The molecule has 0 unspecified atom stereocenters. The zero-order valence-corrected chi connectivity index (χ0v) is 15.8. The fourth-order valence-electron chi connectivity index (χ4n) is 4.46. The number of carboxylic acids is 1. The molecule has 3 rings (SSSR count). The summed E-state index contributed by atoms with van der Waals surface area (Å²) in [6.07, 6.45) is 6.77. The second-order valence-corrected chi connectivity index (χ2v) is 8.15. The van der Waals surface area contributed by atoms with Crippen LogP contribution in [-0.4, -0.2) is 78.8 Å². The Kier molecular flexibility index (Phi) is 7.14. The van der Waals surface area contributed by atoms with Crippen molar-refractivity contribution >= 4 is 12.0 Å². The van der Waals surface area contributed by atoms with Crippen molar-refractivity contribution in [3.05, 3.63) is 0 Å². The molecule has 26 heavy (non-hydrogen) atoms. The number of carbonyl (C=O) groups is 2. The molecule has 0 atom stereocenters. The summed E-state index contributed by atoms with van der Waals surface area (Å²) in [6, 6.07) is 0.165. The van der Waals surface area contributed by atoms with Gasteiger partial charge in [-0.2, -0.15) is 0 Å². The molecule has 0 radical (unpaired) electrons. The van der Waals surface area contributed by atoms with Gasteiger partial charge < -0.3 is 20.6 Å². The number of nitrogens with zero attached hydrogens (tertiary/aromatic N) is 2. The average molecular weight is 367 g/mol. The summed E-state index contributed by atoms with van der Waals surface area (Å²) < 4.78 is 0. The molecule has 3 N–H and O–H groups in total. The monoisotopic (exact) mass is 366 g/mol. The molecule has 2 heterocycles. The Hall–Kier alpha value is -1.34. The first-order valence-electron chi connectivity index (χ1n) is 10.3. The molecule has 2 amide bonds. The molecule has 7 heteroatoms. The highest BCUT2D eigenvalue weighted by Crippen LogP contribution is 2.24. The summed E-state index contributed by atoms with van der Waals surface area (Å²) in [5, 5.41) is 15.6. The van der Waals surface area contributed by atoms with Crippen LogP contribution in [0.25, 0.3) is 0 Å². The van der Waals surface area contributed by atoms with E-state index in [-0.39, 0.29) is 18.0 Å². The molecule has 3 aliphatic rings. The Morgan fingerprint density at radius 1 is 0.962 bits per heavy atom. The normalized spacial score (nSPS) is 28.7. The van der Waals surface area contributed by atoms with E-state index in [0.717, 1.165) is 64.6 Å². The van der Waals surface area contributed by atoms with Gasteiger partial charge in [-0.25, -0.2) is 4.79 Å². The Labute approximate surface area is 156 Å². The summed E-state index contributed by atoms with van der Waals surface area (Å²) in [7, 11) is 0. The van der Waals surface area contributed by atoms with Gasteiger partial charge in [0.1, 0.15) is 0 Å². The number of piperidine rings is 1. The molecule has 2 saturated heterocycles. The van der Waals surface area contributed by atoms with Gasteiger partial charge in [-0.05, 0) is 70.5 Å². The third-order valence-electron chi connectivity index (χ3n) is 6.38. The first kappa shape index (κ1) is 19.4. The fourth-order valence-corrected chi connectivity index (χ4v) is 4.46. The second kappa shape index (κ2) is 9.55. The van der Waals surface area contributed by atoms with Crippen LogP contribution in [0.5, 0.6) is 0 Å². The largest absolute Gasteiger partial charge is 0.481 e. The van der Waals surface area contributed by atoms with Crippen molar-refractivity contribution in [3.8, 4) is 0 Å². The van der Waals surface area contributed by atoms with Crippen LogP contribution in [0.3, 0.4) is 0 Å². The van der Waals surface area contributed by atoms with Gasteiger partial charge in [-0.15, -0.1) is 0 Å². The van der Waals surface area contributed by atoms with Gasteiger partial charge in [0.25, 0.3) is 0 Å². The number of aliphatic carboxylic acids is 1. The Morgan fingerprint density at radius 3 is 2.23 bits per heavy atom. The second-order valence-electron chi connectivity index (χ2n) is 8.15. The van der Waals surface area contributed by atoms with Crippen molar-refractivity contribution in [2.24, 2.45) is 11.8 Å². The molecule has 1 aliphatic carbocycles. The predicted octanol–water partition coefficient (Wildman–Crippen LogP) is 1.35. The summed E-state index contributed by atoms with van der Waals surface area (Å²) >= 11 is 0. The minimum absolute atomic E-state index is 0.0294. The summed E-state index contributed by atoms with van der Waals surface area (Å²) in [5.41, 5.74) is 0. The molecule has 1 saturated carbocycles. The lowest BCUT2D eigenvalue weighted by molar-refractivity contribution is -0.142. The maximum Gasteiger partial charge on any atom is 0.317 e. The average Bonchev–Trinajstić information content (AvgIpc) is 2.68. The molecule has 148 valence electrons. The van der Waals surface area contributed by atoms with Crippen LogP contribution in [0, 0.1) is 11.8 Å². The van der Waals surface area contributed by atoms with E-state index < -0.39 is 5.97 Å². The predicted molar refractivity (Wildman–Crippen MR) is 100 cm³/mol. The molecular formula is C19H34N4O3. The van der Waals surface area contributed by atoms with Crippen molar-refractivity contribution in [1.82, 2.24) is 20.4 Å². The first-order chi connectivity index (χ1) is 12.6. The Bertz CT molecular complexity index is 465. The lowest BCUT2D eigenvalue weighted by Crippen LogP contribution is -2.54. The highest BCUT2D eigenvalue weighted by atomic mass is 16.4. The molecule has 0 aromatic carbocycles. The smallest absolute Gasteiger partial charge is 0.317 e. The number of urea groups is 1. The standard InChI is InChI=1S/C19H34N4O3/c24-18(25)16-1-3-17(4-2-16)21-19(26)23-13-11-22(12-14-23)10-7-15-5-8-20-9-6-15/h15-17,20H,1-14H2,(H,21,26)(H,24,25). The van der Waals surface area contributed by atoms with Gasteiger partial charge in [0.15, 0.2) is 0 Å². The maximum absolute atomic E-state index is 12.5. The number of hydrogen-bond acceptors (Lipinski definition) is 4. The first-order valence-corrected chi connectivity index (χ1v) is 10.3. The van der Waals surface area contributed by atoms with E-state index in [9.17, 15) is 9.59 Å². The molecule has 2 aliphatic heterocycles. The quantitative estimate of drug-likeness (QED) is 0.684. The van der Waals surface area contributed by atoms with Crippen LogP contribution in [0.4, 0.5) is 4.79 Å². The highest BCUT2D eigenvalue weighted by Gasteiger charge is 2.28. The lowest BCUT2D eigenvalue weighted by atomic mass is 9.86. The van der Waals surface area contributed by atoms with Crippen molar-refractivity contribution in [2.75, 3.05) is 45.8 Å². The van der Waals surface area contributed by atoms with E-state index in [1.807, 2.05) is 4.90 Å². The van der Waals surface area contributed by atoms with E-state index in [1.165, 1.54) is 19.3 Å². The Morgan fingerprint density at radius 2 is 1.62 bits per heavy atom. The number of carboxylic acid groups (broad SMARTS) is 1. The molecule has 0 spiro atoms. The van der Waals surface area contributed by atoms with Crippen LogP contribution in [-0.2, 0) is 4.79 Å². The van der Waals surface area contributed by atoms with Crippen LogP contribution in [0.15, 0.2) is 0 Å². The third kappa shape index (κ3) is 5.58. The van der Waals surface area contributed by atoms with Crippen molar-refractivity contribution in [3.63, 3.8) is 0 Å². The lowest BCUT2D eigenvalue weighted by Gasteiger charge is -2.37. The summed E-state index contributed by atoms with van der Waals surface area (Å²) in [5.74, 6) is -0.0689. The van der Waals surface area contributed by atoms with E-state index >= 15 is 0 Å². The van der Waals surface area contributed by atoms with Gasteiger partial charge in [-0.1, -0.05) is 0 Å². The minimum Gasteiger partial charge on any atom is -0.481 e. The topological polar surface area (TPSA) is 84.9 Å². The van der Waals surface area contributed by atoms with E-state index in [0.29, 0.717) is 12.8 Å². The number of piperazine rings is 1. The molecule has 0 aromatic rings. The van der Waals surface area contributed by atoms with Gasteiger partial charge in [0.05, 0.1) is 5.92 Å². The van der Waals surface area contributed by atoms with Gasteiger partial charge >= 0.3 is 12.0 Å². The maximum atomic E-state index is 12.5. The van der Waals surface area contributed by atoms with Crippen LogP contribution < -0.4 is 10.6 Å². The number of carbonyl (C=O) groups excluding carboxylic acids is 1. The zero-order chi connectivity index (χ0) is 18.4. The van der Waals surface area contributed by atoms with Crippen molar-refractivity contribution in [1.29, 1.82) is 0 Å². The zero-order valence-electron chi connectivity index (χ0n) is 15.8. The minimum atomic E-state index is -0.699. The van der Waals surface area contributed by atoms with E-state index in [1.54, 1.807) is 0 Å². The number of rotatable bonds is 5. The SMILES string of the molecule is O=C(O)C1CCC(NC(=O)N2CCN(CCC3CCNCC3)CC2)CC1. The fraction of sp³-hybridized carbons (Fsp3) is 0.895. The number of hydrogen-bond donors (Lipinski definition) is 3.